The van der Waals surface area contributed by atoms with Crippen LogP contribution in [0.4, 0.5) is 14.5 Å². The molecule has 1 aromatic heterocycles. The Balaban J connectivity index is 1.64. The van der Waals surface area contributed by atoms with Crippen LogP contribution >= 0.6 is 0 Å². The normalized spacial score (nSPS) is 10.6. The van der Waals surface area contributed by atoms with Crippen LogP contribution in [0.15, 0.2) is 65.3 Å². The molecule has 0 saturated heterocycles. The minimum absolute atomic E-state index is 0.0811. The Morgan fingerprint density at radius 2 is 1.84 bits per heavy atom. The number of amides is 2. The lowest BCUT2D eigenvalue weighted by Crippen LogP contribution is -2.26. The molecule has 1 heterocycles. The molecule has 0 spiro atoms. The average Bonchev–Trinajstić information content (AvgIpc) is 3.29. The summed E-state index contributed by atoms with van der Waals surface area (Å²) in [5.41, 5.74) is 1.61. The highest BCUT2D eigenvalue weighted by molar-refractivity contribution is 6.02. The second-order valence-corrected chi connectivity index (χ2v) is 6.53. The van der Waals surface area contributed by atoms with Gasteiger partial charge in [-0.15, -0.1) is 0 Å². The molecule has 9 heteroatoms. The minimum Gasteiger partial charge on any atom is -0.493 e. The van der Waals surface area contributed by atoms with Crippen LogP contribution in [0, 0.1) is 0 Å². The van der Waals surface area contributed by atoms with Gasteiger partial charge in [-0.2, -0.15) is 8.78 Å². The van der Waals surface area contributed by atoms with E-state index in [2.05, 4.69) is 10.1 Å². The van der Waals surface area contributed by atoms with Crippen molar-refractivity contribution in [2.24, 2.45) is 0 Å². The van der Waals surface area contributed by atoms with E-state index in [4.69, 9.17) is 9.15 Å². The fourth-order valence-corrected chi connectivity index (χ4v) is 2.87. The molecule has 0 atom stereocenters. The Morgan fingerprint density at radius 3 is 2.45 bits per heavy atom. The predicted molar refractivity (Wildman–Crippen MR) is 109 cm³/mol. The Kier molecular flexibility index (Phi) is 6.86. The number of nitrogens with one attached hydrogen (secondary N) is 1. The molecule has 0 unspecified atom stereocenters. The first-order valence-electron chi connectivity index (χ1n) is 9.19. The molecule has 3 aromatic rings. The molecule has 31 heavy (non-hydrogen) atoms. The highest BCUT2D eigenvalue weighted by atomic mass is 19.3. The molecular weight excluding hydrogens is 410 g/mol. The van der Waals surface area contributed by atoms with E-state index >= 15 is 0 Å². The van der Waals surface area contributed by atoms with Crippen molar-refractivity contribution >= 4 is 17.5 Å². The van der Waals surface area contributed by atoms with Crippen LogP contribution in [0.5, 0.6) is 11.5 Å². The fraction of sp³-hybridized carbons (Fsp3) is 0.182. The number of carbonyl (C=O) groups is 2. The van der Waals surface area contributed by atoms with E-state index in [1.54, 1.807) is 49.5 Å². The summed E-state index contributed by atoms with van der Waals surface area (Å²) < 4.78 is 39.4. The van der Waals surface area contributed by atoms with Gasteiger partial charge in [-0.3, -0.25) is 9.59 Å². The molecule has 0 bridgehead atoms. The summed E-state index contributed by atoms with van der Waals surface area (Å²) >= 11 is 0. The lowest BCUT2D eigenvalue weighted by molar-refractivity contribution is -0.0512. The lowest BCUT2D eigenvalue weighted by atomic mass is 10.1. The van der Waals surface area contributed by atoms with Crippen molar-refractivity contribution < 1.29 is 32.3 Å². The molecule has 2 amide bonds. The van der Waals surface area contributed by atoms with Crippen molar-refractivity contribution in [1.82, 2.24) is 4.90 Å². The monoisotopic (exact) mass is 430 g/mol. The zero-order chi connectivity index (χ0) is 22.4. The summed E-state index contributed by atoms with van der Waals surface area (Å²) in [5.74, 6) is -0.400. The third-order valence-corrected chi connectivity index (χ3v) is 4.35. The number of hydrogen-bond acceptors (Lipinski definition) is 5. The molecule has 7 nitrogen and oxygen atoms in total. The molecule has 0 saturated carbocycles. The van der Waals surface area contributed by atoms with Gasteiger partial charge in [-0.05, 0) is 54.1 Å². The molecule has 0 aliphatic carbocycles. The number of methoxy groups -OCH3 is 1. The zero-order valence-electron chi connectivity index (χ0n) is 16.8. The Bertz CT molecular complexity index is 1040. The number of carbonyl (C=O) groups excluding carboxylic acids is 2. The summed E-state index contributed by atoms with van der Waals surface area (Å²) in [4.78, 5) is 26.2. The van der Waals surface area contributed by atoms with Crippen LogP contribution in [0.1, 0.15) is 26.5 Å². The first-order valence-corrected chi connectivity index (χ1v) is 9.19. The van der Waals surface area contributed by atoms with Crippen molar-refractivity contribution in [1.29, 1.82) is 0 Å². The Hall–Kier alpha value is -3.88. The van der Waals surface area contributed by atoms with E-state index in [0.29, 0.717) is 16.8 Å². The van der Waals surface area contributed by atoms with Gasteiger partial charge in [-0.25, -0.2) is 0 Å². The maximum Gasteiger partial charge on any atom is 0.387 e. The number of alkyl halides is 2. The lowest BCUT2D eigenvalue weighted by Gasteiger charge is -2.19. The number of halogens is 2. The number of anilines is 1. The average molecular weight is 430 g/mol. The largest absolute Gasteiger partial charge is 0.493 e. The van der Waals surface area contributed by atoms with Gasteiger partial charge in [0.05, 0.1) is 13.4 Å². The van der Waals surface area contributed by atoms with Crippen LogP contribution in [0.25, 0.3) is 0 Å². The number of rotatable bonds is 8. The second kappa shape index (κ2) is 9.75. The van der Waals surface area contributed by atoms with Crippen molar-refractivity contribution in [2.75, 3.05) is 19.5 Å². The maximum atomic E-state index is 12.7. The van der Waals surface area contributed by atoms with Gasteiger partial charge in [0.25, 0.3) is 11.8 Å². The standard InChI is InChI=1S/C22H20F2N2O5/c1-26(13-14-5-10-17(31-22(23)24)19(12-14)29-2)21(28)15-6-8-16(9-7-15)25-20(27)18-4-3-11-30-18/h3-12,22H,13H2,1-2H3,(H,25,27). The number of furan rings is 1. The van der Waals surface area contributed by atoms with Gasteiger partial charge in [0.2, 0.25) is 0 Å². The molecular formula is C22H20F2N2O5. The predicted octanol–water partition coefficient (Wildman–Crippen LogP) is 4.41. The second-order valence-electron chi connectivity index (χ2n) is 6.53. The van der Waals surface area contributed by atoms with Crippen molar-refractivity contribution in [3.8, 4) is 11.5 Å². The molecule has 2 aromatic carbocycles. The maximum absolute atomic E-state index is 12.7. The summed E-state index contributed by atoms with van der Waals surface area (Å²) in [6.45, 7) is -2.74. The van der Waals surface area contributed by atoms with Gasteiger partial charge in [0.15, 0.2) is 17.3 Å². The summed E-state index contributed by atoms with van der Waals surface area (Å²) in [6, 6.07) is 14.1. The first-order chi connectivity index (χ1) is 14.9. The molecule has 3 rings (SSSR count). The van der Waals surface area contributed by atoms with E-state index in [-0.39, 0.29) is 29.7 Å². The van der Waals surface area contributed by atoms with Crippen LogP contribution < -0.4 is 14.8 Å². The minimum atomic E-state index is -2.96. The van der Waals surface area contributed by atoms with Crippen LogP contribution in [-0.2, 0) is 6.54 Å². The number of nitrogens with zero attached hydrogens (tertiary/aromatic N) is 1. The number of ether oxygens (including phenoxy) is 2. The summed E-state index contributed by atoms with van der Waals surface area (Å²) in [6.07, 6.45) is 1.40. The van der Waals surface area contributed by atoms with E-state index in [1.165, 1.54) is 30.4 Å². The van der Waals surface area contributed by atoms with Crippen LogP contribution in [-0.4, -0.2) is 37.5 Å². The number of hydrogen-bond donors (Lipinski definition) is 1. The molecule has 1 N–H and O–H groups in total. The third kappa shape index (κ3) is 5.59. The third-order valence-electron chi connectivity index (χ3n) is 4.35. The Morgan fingerprint density at radius 1 is 1.10 bits per heavy atom. The molecule has 162 valence electrons. The highest BCUT2D eigenvalue weighted by Crippen LogP contribution is 2.30. The highest BCUT2D eigenvalue weighted by Gasteiger charge is 2.16. The SMILES string of the molecule is COc1cc(CN(C)C(=O)c2ccc(NC(=O)c3ccco3)cc2)ccc1OC(F)F. The molecule has 0 aliphatic heterocycles. The van der Waals surface area contributed by atoms with Crippen molar-refractivity contribution in [3.63, 3.8) is 0 Å². The molecule has 0 radical (unpaired) electrons. The van der Waals surface area contributed by atoms with Gasteiger partial charge in [0.1, 0.15) is 0 Å². The van der Waals surface area contributed by atoms with Gasteiger partial charge >= 0.3 is 6.61 Å². The molecule has 0 aliphatic rings. The fourth-order valence-electron chi connectivity index (χ4n) is 2.87. The smallest absolute Gasteiger partial charge is 0.387 e. The van der Waals surface area contributed by atoms with E-state index in [0.717, 1.165) is 0 Å². The van der Waals surface area contributed by atoms with Gasteiger partial charge in [-0.1, -0.05) is 6.07 Å². The van der Waals surface area contributed by atoms with E-state index in [9.17, 15) is 18.4 Å². The van der Waals surface area contributed by atoms with Crippen molar-refractivity contribution in [3.05, 3.63) is 77.7 Å². The molecule has 0 fully saturated rings. The topological polar surface area (TPSA) is 81.0 Å². The quantitative estimate of drug-likeness (QED) is 0.572. The van der Waals surface area contributed by atoms with Crippen LogP contribution in [0.2, 0.25) is 0 Å². The summed E-state index contributed by atoms with van der Waals surface area (Å²) in [7, 11) is 2.96. The number of benzene rings is 2. The summed E-state index contributed by atoms with van der Waals surface area (Å²) in [5, 5.41) is 2.67. The van der Waals surface area contributed by atoms with Gasteiger partial charge < -0.3 is 24.1 Å². The zero-order valence-corrected chi connectivity index (χ0v) is 16.8. The Labute approximate surface area is 177 Å². The first kappa shape index (κ1) is 21.8. The van der Waals surface area contributed by atoms with E-state index < -0.39 is 12.5 Å². The van der Waals surface area contributed by atoms with Crippen molar-refractivity contribution in [2.45, 2.75) is 13.2 Å². The van der Waals surface area contributed by atoms with Crippen LogP contribution in [0.3, 0.4) is 0 Å². The van der Waals surface area contributed by atoms with E-state index in [1.807, 2.05) is 0 Å². The van der Waals surface area contributed by atoms with Gasteiger partial charge in [0, 0.05) is 24.8 Å².